The molecule has 136 valence electrons. The van der Waals surface area contributed by atoms with Gasteiger partial charge in [0.25, 0.3) is 0 Å². The number of aromatic nitrogens is 3. The quantitative estimate of drug-likeness (QED) is 0.733. The van der Waals surface area contributed by atoms with Gasteiger partial charge in [-0.2, -0.15) is 10.2 Å². The van der Waals surface area contributed by atoms with Crippen LogP contribution >= 0.6 is 0 Å². The largest absolute Gasteiger partial charge is 0.393 e. The van der Waals surface area contributed by atoms with Crippen LogP contribution in [-0.2, 0) is 6.42 Å². The molecule has 3 N–H and O–H groups in total. The van der Waals surface area contributed by atoms with Crippen molar-refractivity contribution in [1.82, 2.24) is 15.0 Å². The molecule has 0 radical (unpaired) electrons. The van der Waals surface area contributed by atoms with Crippen molar-refractivity contribution < 1.29 is 5.11 Å². The van der Waals surface area contributed by atoms with Crippen LogP contribution in [0.3, 0.4) is 0 Å². The summed E-state index contributed by atoms with van der Waals surface area (Å²) in [6.07, 6.45) is 9.15. The Morgan fingerprint density at radius 3 is 2.81 bits per heavy atom. The van der Waals surface area contributed by atoms with E-state index in [-0.39, 0.29) is 12.1 Å². The molecule has 1 aliphatic carbocycles. The van der Waals surface area contributed by atoms with Gasteiger partial charge in [0.15, 0.2) is 0 Å². The molecule has 2 aromatic rings. The van der Waals surface area contributed by atoms with E-state index in [2.05, 4.69) is 31.7 Å². The smallest absolute Gasteiger partial charge is 0.224 e. The van der Waals surface area contributed by atoms with Crippen molar-refractivity contribution in [1.29, 1.82) is 5.26 Å². The van der Waals surface area contributed by atoms with Gasteiger partial charge < -0.3 is 15.7 Å². The molecule has 1 fully saturated rings. The molecule has 0 saturated heterocycles. The average Bonchev–Trinajstić information content (AvgIpc) is 2.65. The molecule has 0 atom stereocenters. The van der Waals surface area contributed by atoms with Gasteiger partial charge in [0, 0.05) is 25.0 Å². The number of nitrogens with zero attached hydrogens (tertiary/aromatic N) is 4. The second-order valence-corrected chi connectivity index (χ2v) is 6.70. The molecule has 0 aliphatic heterocycles. The van der Waals surface area contributed by atoms with Gasteiger partial charge in [0.1, 0.15) is 17.5 Å². The van der Waals surface area contributed by atoms with Crippen LogP contribution in [0, 0.1) is 18.3 Å². The van der Waals surface area contributed by atoms with E-state index in [9.17, 15) is 10.4 Å². The third-order valence-electron chi connectivity index (χ3n) is 4.76. The summed E-state index contributed by atoms with van der Waals surface area (Å²) in [5.74, 6) is 1.07. The molecule has 1 aliphatic rings. The molecule has 0 spiro atoms. The zero-order valence-corrected chi connectivity index (χ0v) is 14.9. The van der Waals surface area contributed by atoms with Crippen molar-refractivity contribution in [2.45, 2.75) is 51.2 Å². The molecule has 1 saturated carbocycles. The van der Waals surface area contributed by atoms with Crippen molar-refractivity contribution in [2.24, 2.45) is 0 Å². The highest BCUT2D eigenvalue weighted by atomic mass is 16.3. The number of aliphatic hydroxyl groups is 1. The predicted octanol–water partition coefficient (Wildman–Crippen LogP) is 2.42. The summed E-state index contributed by atoms with van der Waals surface area (Å²) in [5.41, 5.74) is 2.84. The topological polar surface area (TPSA) is 107 Å². The molecule has 0 amide bonds. The van der Waals surface area contributed by atoms with Gasteiger partial charge in [0.05, 0.1) is 12.3 Å². The van der Waals surface area contributed by atoms with E-state index < -0.39 is 0 Å². The third kappa shape index (κ3) is 4.67. The van der Waals surface area contributed by atoms with Gasteiger partial charge >= 0.3 is 0 Å². The number of nitrogens with one attached hydrogen (secondary N) is 2. The van der Waals surface area contributed by atoms with E-state index in [0.29, 0.717) is 23.9 Å². The zero-order valence-electron chi connectivity index (χ0n) is 14.9. The summed E-state index contributed by atoms with van der Waals surface area (Å²) < 4.78 is 0. The summed E-state index contributed by atoms with van der Waals surface area (Å²) in [7, 11) is 0. The van der Waals surface area contributed by atoms with E-state index >= 15 is 0 Å². The van der Waals surface area contributed by atoms with Gasteiger partial charge in [-0.15, -0.1) is 0 Å². The van der Waals surface area contributed by atoms with Crippen molar-refractivity contribution in [3.63, 3.8) is 0 Å². The Kier molecular flexibility index (Phi) is 5.97. The standard InChI is InChI=1S/C19H24N6O/c1-13-11-21-8-6-14(13)7-9-22-19-23-12-15(10-20)18(25-19)24-16-2-4-17(26)5-3-16/h6,8,11-12,16-17,26H,2-5,7,9H2,1H3,(H2,22,23,24,25). The Hall–Kier alpha value is -2.72. The lowest BCUT2D eigenvalue weighted by Gasteiger charge is -2.26. The number of hydrogen-bond acceptors (Lipinski definition) is 7. The van der Waals surface area contributed by atoms with Crippen molar-refractivity contribution >= 4 is 11.8 Å². The van der Waals surface area contributed by atoms with Crippen molar-refractivity contribution in [3.05, 3.63) is 41.3 Å². The van der Waals surface area contributed by atoms with E-state index in [1.807, 2.05) is 19.2 Å². The highest BCUT2D eigenvalue weighted by Crippen LogP contribution is 2.23. The number of aryl methyl sites for hydroxylation is 1. The molecule has 3 rings (SSSR count). The fourth-order valence-corrected chi connectivity index (χ4v) is 3.16. The number of hydrogen-bond donors (Lipinski definition) is 3. The number of anilines is 2. The predicted molar refractivity (Wildman–Crippen MR) is 99.8 cm³/mol. The number of nitriles is 1. The minimum absolute atomic E-state index is 0.206. The van der Waals surface area contributed by atoms with Crippen LogP contribution in [0.1, 0.15) is 42.4 Å². The van der Waals surface area contributed by atoms with Crippen LogP contribution in [0.25, 0.3) is 0 Å². The molecule has 0 unspecified atom stereocenters. The Labute approximate surface area is 153 Å². The first-order chi connectivity index (χ1) is 12.7. The Bertz CT molecular complexity index is 780. The maximum atomic E-state index is 9.63. The van der Waals surface area contributed by atoms with E-state index in [4.69, 9.17) is 0 Å². The van der Waals surface area contributed by atoms with E-state index in [1.165, 1.54) is 5.56 Å². The maximum absolute atomic E-state index is 9.63. The van der Waals surface area contributed by atoms with Crippen LogP contribution < -0.4 is 10.6 Å². The SMILES string of the molecule is Cc1cnccc1CCNc1ncc(C#N)c(NC2CCC(O)CC2)n1. The Morgan fingerprint density at radius 2 is 2.08 bits per heavy atom. The summed E-state index contributed by atoms with van der Waals surface area (Å²) in [4.78, 5) is 12.8. The molecule has 26 heavy (non-hydrogen) atoms. The van der Waals surface area contributed by atoms with Crippen molar-refractivity contribution in [2.75, 3.05) is 17.2 Å². The monoisotopic (exact) mass is 352 g/mol. The fourth-order valence-electron chi connectivity index (χ4n) is 3.16. The van der Waals surface area contributed by atoms with Crippen LogP contribution in [0.15, 0.2) is 24.7 Å². The molecular formula is C19H24N6O. The summed E-state index contributed by atoms with van der Waals surface area (Å²) >= 11 is 0. The summed E-state index contributed by atoms with van der Waals surface area (Å²) in [6.45, 7) is 2.75. The molecule has 0 aromatic carbocycles. The van der Waals surface area contributed by atoms with Gasteiger partial charge in [-0.05, 0) is 56.2 Å². The lowest BCUT2D eigenvalue weighted by molar-refractivity contribution is 0.126. The van der Waals surface area contributed by atoms with Crippen LogP contribution in [0.4, 0.5) is 11.8 Å². The average molecular weight is 352 g/mol. The normalized spacial score (nSPS) is 19.6. The lowest BCUT2D eigenvalue weighted by atomic mass is 9.93. The van der Waals surface area contributed by atoms with Gasteiger partial charge in [0.2, 0.25) is 5.95 Å². The zero-order chi connectivity index (χ0) is 18.4. The first-order valence-electron chi connectivity index (χ1n) is 9.01. The van der Waals surface area contributed by atoms with Crippen LogP contribution in [-0.4, -0.2) is 38.7 Å². The number of aliphatic hydroxyl groups excluding tert-OH is 1. The van der Waals surface area contributed by atoms with E-state index in [0.717, 1.165) is 37.7 Å². The van der Waals surface area contributed by atoms with Gasteiger partial charge in [-0.1, -0.05) is 0 Å². The number of rotatable bonds is 6. The molecule has 0 bridgehead atoms. The first-order valence-corrected chi connectivity index (χ1v) is 9.01. The summed E-state index contributed by atoms with van der Waals surface area (Å²) in [5, 5.41) is 25.5. The van der Waals surface area contributed by atoms with Crippen LogP contribution in [0.2, 0.25) is 0 Å². The molecule has 7 heteroatoms. The fraction of sp³-hybridized carbons (Fsp3) is 0.474. The van der Waals surface area contributed by atoms with Crippen molar-refractivity contribution in [3.8, 4) is 6.07 Å². The Balaban J connectivity index is 1.61. The summed E-state index contributed by atoms with van der Waals surface area (Å²) in [6, 6.07) is 4.38. The molecule has 2 aromatic heterocycles. The minimum atomic E-state index is -0.206. The van der Waals surface area contributed by atoms with Crippen LogP contribution in [0.5, 0.6) is 0 Å². The Morgan fingerprint density at radius 1 is 1.27 bits per heavy atom. The third-order valence-corrected chi connectivity index (χ3v) is 4.76. The first kappa shape index (κ1) is 18.1. The number of pyridine rings is 1. The maximum Gasteiger partial charge on any atom is 0.224 e. The van der Waals surface area contributed by atoms with E-state index in [1.54, 1.807) is 12.4 Å². The lowest BCUT2D eigenvalue weighted by Crippen LogP contribution is -2.29. The highest BCUT2D eigenvalue weighted by molar-refractivity contribution is 5.54. The van der Waals surface area contributed by atoms with Gasteiger partial charge in [-0.25, -0.2) is 4.98 Å². The molecule has 7 nitrogen and oxygen atoms in total. The second-order valence-electron chi connectivity index (χ2n) is 6.70. The highest BCUT2D eigenvalue weighted by Gasteiger charge is 2.20. The molecular weight excluding hydrogens is 328 g/mol. The molecule has 2 heterocycles. The second kappa shape index (κ2) is 8.59. The van der Waals surface area contributed by atoms with Gasteiger partial charge in [-0.3, -0.25) is 4.98 Å². The minimum Gasteiger partial charge on any atom is -0.393 e.